The molecule has 1 unspecified atom stereocenters. The molecule has 0 fully saturated rings. The van der Waals surface area contributed by atoms with Crippen molar-refractivity contribution in [3.63, 3.8) is 0 Å². The van der Waals surface area contributed by atoms with Crippen LogP contribution in [0.3, 0.4) is 0 Å². The Morgan fingerprint density at radius 1 is 1.38 bits per heavy atom. The highest BCUT2D eigenvalue weighted by Crippen LogP contribution is 2.44. The molecule has 4 nitrogen and oxygen atoms in total. The number of hydrogen-bond acceptors (Lipinski definition) is 4. The Hall–Kier alpha value is -1.91. The zero-order chi connectivity index (χ0) is 17.3. The predicted octanol–water partition coefficient (Wildman–Crippen LogP) is 3.54. The quantitative estimate of drug-likeness (QED) is 0.913. The number of nitrogens with zero attached hydrogens (tertiary/aromatic N) is 2. The van der Waals surface area contributed by atoms with Gasteiger partial charge in [-0.05, 0) is 47.7 Å². The molecule has 128 valence electrons. The summed E-state index contributed by atoms with van der Waals surface area (Å²) in [5.74, 6) is 1.39. The predicted molar refractivity (Wildman–Crippen MR) is 97.1 cm³/mol. The smallest absolute Gasteiger partial charge is 0.122 e. The van der Waals surface area contributed by atoms with Gasteiger partial charge in [0.05, 0.1) is 12.8 Å². The van der Waals surface area contributed by atoms with Gasteiger partial charge in [0, 0.05) is 37.4 Å². The molecule has 1 aromatic carbocycles. The first-order chi connectivity index (χ1) is 11.6. The summed E-state index contributed by atoms with van der Waals surface area (Å²) < 4.78 is 5.69. The maximum Gasteiger partial charge on any atom is 0.122 e. The van der Waals surface area contributed by atoms with E-state index in [1.165, 1.54) is 22.3 Å². The second-order valence-corrected chi connectivity index (χ2v) is 6.83. The minimum atomic E-state index is 0.216. The molecular formula is C20H27N3O. The number of rotatable bonds is 5. The fraction of sp³-hybridized carbons (Fsp3) is 0.450. The number of aryl methyl sites for hydroxylation is 1. The molecule has 0 amide bonds. The Morgan fingerprint density at radius 2 is 2.17 bits per heavy atom. The number of fused-ring (bicyclic) bond motifs is 1. The van der Waals surface area contributed by atoms with Crippen molar-refractivity contribution < 1.29 is 4.74 Å². The average Bonchev–Trinajstić information content (AvgIpc) is 2.93. The highest BCUT2D eigenvalue weighted by molar-refractivity contribution is 5.54. The number of nitrogens with two attached hydrogens (primary N) is 1. The third-order valence-electron chi connectivity index (χ3n) is 4.95. The van der Waals surface area contributed by atoms with Crippen molar-refractivity contribution >= 4 is 0 Å². The van der Waals surface area contributed by atoms with E-state index in [9.17, 15) is 0 Å². The molecule has 0 saturated carbocycles. The summed E-state index contributed by atoms with van der Waals surface area (Å²) in [6, 6.07) is 8.46. The molecule has 2 aromatic rings. The van der Waals surface area contributed by atoms with Crippen LogP contribution in [0.1, 0.15) is 53.8 Å². The van der Waals surface area contributed by atoms with Crippen LogP contribution in [0.2, 0.25) is 0 Å². The number of hydrogen-bond donors (Lipinski definition) is 1. The molecule has 0 bridgehead atoms. The molecule has 2 heterocycles. The SMILES string of the molecule is COc1cc(C)c2c(c1C(C)C)C(CN)N(Cc1ccccn1)C2. The van der Waals surface area contributed by atoms with Crippen LogP contribution in [-0.4, -0.2) is 23.5 Å². The van der Waals surface area contributed by atoms with Crippen molar-refractivity contribution in [1.82, 2.24) is 9.88 Å². The monoisotopic (exact) mass is 325 g/mol. The summed E-state index contributed by atoms with van der Waals surface area (Å²) in [6.07, 6.45) is 1.85. The summed E-state index contributed by atoms with van der Waals surface area (Å²) >= 11 is 0. The van der Waals surface area contributed by atoms with Gasteiger partial charge in [-0.1, -0.05) is 19.9 Å². The zero-order valence-corrected chi connectivity index (χ0v) is 15.0. The molecule has 1 aliphatic rings. The second-order valence-electron chi connectivity index (χ2n) is 6.83. The van der Waals surface area contributed by atoms with Gasteiger partial charge in [0.1, 0.15) is 5.75 Å². The van der Waals surface area contributed by atoms with Crippen molar-refractivity contribution in [1.29, 1.82) is 0 Å². The van der Waals surface area contributed by atoms with Crippen molar-refractivity contribution in [3.05, 3.63) is 58.4 Å². The molecule has 3 rings (SSSR count). The number of benzene rings is 1. The third-order valence-corrected chi connectivity index (χ3v) is 4.95. The first-order valence-corrected chi connectivity index (χ1v) is 8.61. The van der Waals surface area contributed by atoms with Crippen LogP contribution in [0.5, 0.6) is 5.75 Å². The molecule has 4 heteroatoms. The minimum Gasteiger partial charge on any atom is -0.496 e. The fourth-order valence-electron chi connectivity index (χ4n) is 3.85. The topological polar surface area (TPSA) is 51.4 Å². The molecule has 24 heavy (non-hydrogen) atoms. The Labute approximate surface area is 144 Å². The van der Waals surface area contributed by atoms with Gasteiger partial charge in [-0.3, -0.25) is 9.88 Å². The minimum absolute atomic E-state index is 0.216. The van der Waals surface area contributed by atoms with Crippen LogP contribution in [0.25, 0.3) is 0 Å². The van der Waals surface area contributed by atoms with Crippen molar-refractivity contribution in [2.45, 2.75) is 45.8 Å². The van der Waals surface area contributed by atoms with Gasteiger partial charge in [0.25, 0.3) is 0 Å². The Bertz CT molecular complexity index is 713. The molecule has 0 saturated heterocycles. The van der Waals surface area contributed by atoms with Crippen LogP contribution in [-0.2, 0) is 13.1 Å². The molecule has 0 spiro atoms. The number of methoxy groups -OCH3 is 1. The lowest BCUT2D eigenvalue weighted by Crippen LogP contribution is -2.28. The Balaban J connectivity index is 2.04. The Morgan fingerprint density at radius 3 is 2.75 bits per heavy atom. The van der Waals surface area contributed by atoms with E-state index in [2.05, 4.69) is 42.8 Å². The van der Waals surface area contributed by atoms with E-state index < -0.39 is 0 Å². The highest BCUT2D eigenvalue weighted by Gasteiger charge is 2.34. The summed E-state index contributed by atoms with van der Waals surface area (Å²) in [5, 5.41) is 0. The summed E-state index contributed by atoms with van der Waals surface area (Å²) in [5.41, 5.74) is 12.7. The first-order valence-electron chi connectivity index (χ1n) is 8.61. The Kier molecular flexibility index (Phi) is 4.88. The van der Waals surface area contributed by atoms with Crippen LogP contribution < -0.4 is 10.5 Å². The van der Waals surface area contributed by atoms with Gasteiger partial charge in [-0.25, -0.2) is 0 Å². The average molecular weight is 325 g/mol. The van der Waals surface area contributed by atoms with E-state index in [0.717, 1.165) is 24.5 Å². The summed E-state index contributed by atoms with van der Waals surface area (Å²) in [7, 11) is 1.76. The van der Waals surface area contributed by atoms with Gasteiger partial charge in [0.2, 0.25) is 0 Å². The van der Waals surface area contributed by atoms with Crippen molar-refractivity contribution in [2.24, 2.45) is 5.73 Å². The lowest BCUT2D eigenvalue weighted by Gasteiger charge is -2.26. The van der Waals surface area contributed by atoms with E-state index in [1.807, 2.05) is 18.3 Å². The normalized spacial score (nSPS) is 17.3. The summed E-state index contributed by atoms with van der Waals surface area (Å²) in [6.45, 7) is 8.96. The summed E-state index contributed by atoms with van der Waals surface area (Å²) in [4.78, 5) is 6.92. The van der Waals surface area contributed by atoms with Crippen LogP contribution in [0.4, 0.5) is 0 Å². The molecule has 1 aromatic heterocycles. The van der Waals surface area contributed by atoms with E-state index in [0.29, 0.717) is 12.5 Å². The van der Waals surface area contributed by atoms with Crippen LogP contribution >= 0.6 is 0 Å². The fourth-order valence-corrected chi connectivity index (χ4v) is 3.85. The molecule has 0 radical (unpaired) electrons. The maximum atomic E-state index is 6.20. The van der Waals surface area contributed by atoms with Gasteiger partial charge >= 0.3 is 0 Å². The molecule has 2 N–H and O–H groups in total. The zero-order valence-electron chi connectivity index (χ0n) is 15.0. The van der Waals surface area contributed by atoms with Crippen molar-refractivity contribution in [3.8, 4) is 5.75 Å². The molecule has 1 aliphatic heterocycles. The molecule has 1 atom stereocenters. The van der Waals surface area contributed by atoms with Crippen LogP contribution in [0.15, 0.2) is 30.5 Å². The van der Waals surface area contributed by atoms with Gasteiger partial charge in [-0.15, -0.1) is 0 Å². The maximum absolute atomic E-state index is 6.20. The number of aromatic nitrogens is 1. The first kappa shape index (κ1) is 16.9. The standard InChI is InChI=1S/C20H27N3O/c1-13(2)19-18(24-4)9-14(3)16-12-23(17(10-21)20(16)19)11-15-7-5-6-8-22-15/h5-9,13,17H,10-12,21H2,1-4H3. The van der Waals surface area contributed by atoms with Crippen LogP contribution in [0, 0.1) is 6.92 Å². The second kappa shape index (κ2) is 6.91. The lowest BCUT2D eigenvalue weighted by atomic mass is 9.88. The number of ether oxygens (including phenoxy) is 1. The largest absolute Gasteiger partial charge is 0.496 e. The van der Waals surface area contributed by atoms with Crippen molar-refractivity contribution in [2.75, 3.05) is 13.7 Å². The molecule has 0 aliphatic carbocycles. The van der Waals surface area contributed by atoms with E-state index in [-0.39, 0.29) is 6.04 Å². The van der Waals surface area contributed by atoms with E-state index in [1.54, 1.807) is 7.11 Å². The van der Waals surface area contributed by atoms with E-state index in [4.69, 9.17) is 10.5 Å². The lowest BCUT2D eigenvalue weighted by molar-refractivity contribution is 0.207. The van der Waals surface area contributed by atoms with E-state index >= 15 is 0 Å². The van der Waals surface area contributed by atoms with Gasteiger partial charge in [0.15, 0.2) is 0 Å². The van der Waals surface area contributed by atoms with Gasteiger partial charge in [-0.2, -0.15) is 0 Å². The van der Waals surface area contributed by atoms with Gasteiger partial charge < -0.3 is 10.5 Å². The highest BCUT2D eigenvalue weighted by atomic mass is 16.5. The molecular weight excluding hydrogens is 298 g/mol. The number of pyridine rings is 1. The third kappa shape index (κ3) is 2.92.